The van der Waals surface area contributed by atoms with Crippen molar-refractivity contribution in [2.24, 2.45) is 0 Å². The Morgan fingerprint density at radius 3 is 2.88 bits per heavy atom. The van der Waals surface area contributed by atoms with Gasteiger partial charge in [-0.3, -0.25) is 4.79 Å². The molecule has 0 saturated carbocycles. The first kappa shape index (κ1) is 18.4. The number of hydrogen-bond donors (Lipinski definition) is 3. The molecule has 1 aliphatic rings. The molecule has 1 saturated heterocycles. The highest BCUT2D eigenvalue weighted by Gasteiger charge is 2.33. The van der Waals surface area contributed by atoms with Gasteiger partial charge in [-0.2, -0.15) is 13.2 Å². The Balaban J connectivity index is 2.08. The summed E-state index contributed by atoms with van der Waals surface area (Å²) in [7, 11) is 0. The van der Waals surface area contributed by atoms with E-state index in [1.807, 2.05) is 0 Å². The number of nitrogens with zero attached hydrogens (tertiary/aromatic N) is 1. The van der Waals surface area contributed by atoms with E-state index in [0.29, 0.717) is 0 Å². The van der Waals surface area contributed by atoms with Crippen molar-refractivity contribution in [3.8, 4) is 0 Å². The summed E-state index contributed by atoms with van der Waals surface area (Å²) < 4.78 is 37.2. The van der Waals surface area contributed by atoms with Gasteiger partial charge in [0.2, 0.25) is 5.91 Å². The molecular formula is C14H16F3N3O3S. The van der Waals surface area contributed by atoms with Crippen LogP contribution in [0.2, 0.25) is 0 Å². The first-order valence-corrected chi connectivity index (χ1v) is 7.94. The minimum Gasteiger partial charge on any atom is -0.396 e. The number of urea groups is 1. The SMILES string of the molecule is O=C1NCCN(C(=O)Nc2cccc(SC(F)(F)F)c2)[C@H]1CCO. The van der Waals surface area contributed by atoms with E-state index in [4.69, 9.17) is 5.11 Å². The molecule has 10 heteroatoms. The molecule has 1 aromatic rings. The molecule has 0 radical (unpaired) electrons. The second kappa shape index (κ2) is 7.75. The average Bonchev–Trinajstić information content (AvgIpc) is 2.48. The van der Waals surface area contributed by atoms with Crippen LogP contribution >= 0.6 is 11.8 Å². The molecule has 1 heterocycles. The molecule has 0 spiro atoms. The quantitative estimate of drug-likeness (QED) is 0.715. The maximum Gasteiger partial charge on any atom is 0.446 e. The second-order valence-electron chi connectivity index (χ2n) is 5.02. The highest BCUT2D eigenvalue weighted by atomic mass is 32.2. The van der Waals surface area contributed by atoms with Gasteiger partial charge in [0.05, 0.1) is 0 Å². The summed E-state index contributed by atoms with van der Waals surface area (Å²) in [4.78, 5) is 25.3. The number of benzene rings is 1. The van der Waals surface area contributed by atoms with Gasteiger partial charge in [0.25, 0.3) is 0 Å². The Morgan fingerprint density at radius 1 is 1.46 bits per heavy atom. The summed E-state index contributed by atoms with van der Waals surface area (Å²) in [6.45, 7) is 0.261. The van der Waals surface area contributed by atoms with Crippen molar-refractivity contribution in [2.45, 2.75) is 22.9 Å². The fourth-order valence-electron chi connectivity index (χ4n) is 2.33. The topological polar surface area (TPSA) is 81.7 Å². The van der Waals surface area contributed by atoms with E-state index >= 15 is 0 Å². The summed E-state index contributed by atoms with van der Waals surface area (Å²) >= 11 is -0.275. The molecule has 3 amide bonds. The van der Waals surface area contributed by atoms with E-state index < -0.39 is 17.6 Å². The summed E-state index contributed by atoms with van der Waals surface area (Å²) in [6.07, 6.45) is 0.0865. The zero-order valence-corrected chi connectivity index (χ0v) is 13.3. The van der Waals surface area contributed by atoms with Gasteiger partial charge < -0.3 is 20.6 Å². The molecule has 0 unspecified atom stereocenters. The van der Waals surface area contributed by atoms with Crippen molar-refractivity contribution in [3.05, 3.63) is 24.3 Å². The number of alkyl halides is 3. The number of piperazine rings is 1. The van der Waals surface area contributed by atoms with Crippen LogP contribution in [-0.2, 0) is 4.79 Å². The second-order valence-corrected chi connectivity index (χ2v) is 6.16. The number of nitrogens with one attached hydrogen (secondary N) is 2. The zero-order valence-electron chi connectivity index (χ0n) is 12.5. The molecule has 132 valence electrons. The van der Waals surface area contributed by atoms with Crippen LogP contribution < -0.4 is 10.6 Å². The Kier molecular flexibility index (Phi) is 5.94. The highest BCUT2D eigenvalue weighted by molar-refractivity contribution is 8.00. The lowest BCUT2D eigenvalue weighted by Crippen LogP contribution is -2.58. The highest BCUT2D eigenvalue weighted by Crippen LogP contribution is 2.37. The van der Waals surface area contributed by atoms with E-state index in [1.54, 1.807) is 0 Å². The maximum atomic E-state index is 12.4. The van der Waals surface area contributed by atoms with Gasteiger partial charge in [0.15, 0.2) is 0 Å². The van der Waals surface area contributed by atoms with E-state index in [2.05, 4.69) is 10.6 Å². The van der Waals surface area contributed by atoms with Gasteiger partial charge in [0, 0.05) is 30.3 Å². The Bertz CT molecular complexity index is 612. The molecule has 1 atom stereocenters. The lowest BCUT2D eigenvalue weighted by atomic mass is 10.1. The number of anilines is 1. The first-order chi connectivity index (χ1) is 11.3. The van der Waals surface area contributed by atoms with E-state index in [1.165, 1.54) is 29.2 Å². The van der Waals surface area contributed by atoms with Gasteiger partial charge in [-0.25, -0.2) is 4.79 Å². The fraction of sp³-hybridized carbons (Fsp3) is 0.429. The van der Waals surface area contributed by atoms with Crippen LogP contribution in [0.3, 0.4) is 0 Å². The third kappa shape index (κ3) is 5.03. The molecule has 1 fully saturated rings. The molecule has 3 N–H and O–H groups in total. The lowest BCUT2D eigenvalue weighted by Gasteiger charge is -2.34. The number of hydrogen-bond acceptors (Lipinski definition) is 4. The largest absolute Gasteiger partial charge is 0.446 e. The van der Waals surface area contributed by atoms with Crippen LogP contribution in [0.1, 0.15) is 6.42 Å². The van der Waals surface area contributed by atoms with Crippen LogP contribution in [0.4, 0.5) is 23.7 Å². The number of aliphatic hydroxyl groups excluding tert-OH is 1. The fourth-order valence-corrected chi connectivity index (χ4v) is 2.93. The third-order valence-electron chi connectivity index (χ3n) is 3.31. The predicted octanol–water partition coefficient (Wildman–Crippen LogP) is 2.01. The summed E-state index contributed by atoms with van der Waals surface area (Å²) in [6, 6.07) is 3.95. The molecule has 0 bridgehead atoms. The molecule has 6 nitrogen and oxygen atoms in total. The van der Waals surface area contributed by atoms with Crippen molar-refractivity contribution in [1.29, 1.82) is 0 Å². The van der Waals surface area contributed by atoms with Gasteiger partial charge in [-0.15, -0.1) is 0 Å². The molecule has 0 aliphatic carbocycles. The van der Waals surface area contributed by atoms with Crippen molar-refractivity contribution in [1.82, 2.24) is 10.2 Å². The number of carbonyl (C=O) groups is 2. The first-order valence-electron chi connectivity index (χ1n) is 7.12. The maximum absolute atomic E-state index is 12.4. The number of halogens is 3. The van der Waals surface area contributed by atoms with E-state index in [0.717, 1.165) is 0 Å². The van der Waals surface area contributed by atoms with Crippen LogP contribution in [0.5, 0.6) is 0 Å². The van der Waals surface area contributed by atoms with Crippen LogP contribution in [0.15, 0.2) is 29.2 Å². The molecule has 1 aliphatic heterocycles. The van der Waals surface area contributed by atoms with Gasteiger partial charge in [0.1, 0.15) is 6.04 Å². The molecule has 24 heavy (non-hydrogen) atoms. The lowest BCUT2D eigenvalue weighted by molar-refractivity contribution is -0.128. The van der Waals surface area contributed by atoms with Gasteiger partial charge >= 0.3 is 11.5 Å². The minimum atomic E-state index is -4.42. The van der Waals surface area contributed by atoms with Crippen molar-refractivity contribution in [2.75, 3.05) is 25.0 Å². The number of thioether (sulfide) groups is 1. The number of amides is 3. The van der Waals surface area contributed by atoms with Gasteiger partial charge in [-0.05, 0) is 36.4 Å². The van der Waals surface area contributed by atoms with Crippen molar-refractivity contribution < 1.29 is 27.9 Å². The summed E-state index contributed by atoms with van der Waals surface area (Å²) in [5, 5.41) is 14.1. The van der Waals surface area contributed by atoms with Crippen LogP contribution in [-0.4, -0.2) is 53.2 Å². The predicted molar refractivity (Wildman–Crippen MR) is 82.6 cm³/mol. The molecule has 1 aromatic carbocycles. The van der Waals surface area contributed by atoms with Crippen molar-refractivity contribution in [3.63, 3.8) is 0 Å². The standard InChI is InChI=1S/C14H16F3N3O3S/c15-14(16,17)24-10-3-1-2-9(8-10)19-13(23)20-6-5-18-12(22)11(20)4-7-21/h1-3,8,11,21H,4-7H2,(H,18,22)(H,19,23)/t11-/m0/s1. The smallest absolute Gasteiger partial charge is 0.396 e. The van der Waals surface area contributed by atoms with Crippen LogP contribution in [0.25, 0.3) is 0 Å². The molecular weight excluding hydrogens is 347 g/mol. The third-order valence-corrected chi connectivity index (χ3v) is 4.03. The summed E-state index contributed by atoms with van der Waals surface area (Å²) in [5.41, 5.74) is -4.22. The van der Waals surface area contributed by atoms with E-state index in [9.17, 15) is 22.8 Å². The number of rotatable bonds is 4. The number of aliphatic hydroxyl groups is 1. The Hall–Kier alpha value is -1.94. The normalized spacial score (nSPS) is 18.2. The molecule has 2 rings (SSSR count). The van der Waals surface area contributed by atoms with E-state index in [-0.39, 0.29) is 54.4 Å². The average molecular weight is 363 g/mol. The monoisotopic (exact) mass is 363 g/mol. The Labute approximate surface area is 140 Å². The Morgan fingerprint density at radius 2 is 2.21 bits per heavy atom. The van der Waals surface area contributed by atoms with Crippen molar-refractivity contribution >= 4 is 29.4 Å². The van der Waals surface area contributed by atoms with Crippen LogP contribution in [0, 0.1) is 0 Å². The minimum absolute atomic E-state index is 0.0522. The number of carbonyl (C=O) groups excluding carboxylic acids is 2. The zero-order chi connectivity index (χ0) is 17.7. The molecule has 0 aromatic heterocycles. The summed E-state index contributed by atoms with van der Waals surface area (Å²) in [5.74, 6) is -0.369. The van der Waals surface area contributed by atoms with Gasteiger partial charge in [-0.1, -0.05) is 6.07 Å².